The van der Waals surface area contributed by atoms with E-state index >= 15 is 0 Å². The molecule has 0 spiro atoms. The quantitative estimate of drug-likeness (QED) is 0.740. The van der Waals surface area contributed by atoms with Crippen molar-refractivity contribution in [2.75, 3.05) is 5.73 Å². The predicted octanol–water partition coefficient (Wildman–Crippen LogP) is 4.24. The van der Waals surface area contributed by atoms with Crippen LogP contribution < -0.4 is 5.73 Å². The smallest absolute Gasteiger partial charge is 0.133 e. The summed E-state index contributed by atoms with van der Waals surface area (Å²) in [5, 5.41) is 1.06. The normalized spacial score (nSPS) is 8.93. The number of nitrogen functional groups attached to an aromatic ring is 1. The molecule has 0 bridgehead atoms. The number of hydrogen-bond acceptors (Lipinski definition) is 2. The average molecular weight is 228 g/mol. The van der Waals surface area contributed by atoms with Crippen LogP contribution in [0.3, 0.4) is 0 Å². The van der Waals surface area contributed by atoms with Gasteiger partial charge in [-0.25, -0.2) is 0 Å². The number of halogens is 1. The third kappa shape index (κ3) is 4.26. The first-order valence-electron chi connectivity index (χ1n) is 5.00. The van der Waals surface area contributed by atoms with Crippen molar-refractivity contribution in [3.05, 3.63) is 30.5 Å². The van der Waals surface area contributed by atoms with E-state index in [-0.39, 0.29) is 12.4 Å². The molecule has 1 aromatic carbocycles. The van der Waals surface area contributed by atoms with Crippen LogP contribution in [0.4, 0.5) is 5.69 Å². The number of nitrogens with two attached hydrogens (primary N) is 1. The van der Waals surface area contributed by atoms with Gasteiger partial charge >= 0.3 is 0 Å². The molecular weight excluding hydrogens is 210 g/mol. The third-order valence-corrected chi connectivity index (χ3v) is 1.98. The van der Waals surface area contributed by atoms with Crippen molar-refractivity contribution < 1.29 is 4.42 Å². The minimum absolute atomic E-state index is 0. The molecule has 0 saturated carbocycles. The Morgan fingerprint density at radius 1 is 1.13 bits per heavy atom. The second kappa shape index (κ2) is 7.18. The molecule has 2 rings (SSSR count). The van der Waals surface area contributed by atoms with Crippen molar-refractivity contribution in [3.63, 3.8) is 0 Å². The molecule has 0 amide bonds. The largest absolute Gasteiger partial charge is 0.464 e. The van der Waals surface area contributed by atoms with Gasteiger partial charge in [-0.1, -0.05) is 26.7 Å². The Bertz CT molecular complexity index is 382. The summed E-state index contributed by atoms with van der Waals surface area (Å²) in [4.78, 5) is 0. The molecule has 0 atom stereocenters. The number of hydrogen-bond donors (Lipinski definition) is 1. The van der Waals surface area contributed by atoms with Crippen LogP contribution >= 0.6 is 12.4 Å². The van der Waals surface area contributed by atoms with Gasteiger partial charge in [-0.15, -0.1) is 12.4 Å². The average Bonchev–Trinajstić information content (AvgIpc) is 2.65. The summed E-state index contributed by atoms with van der Waals surface area (Å²) in [5.41, 5.74) is 7.20. The second-order valence-corrected chi connectivity index (χ2v) is 3.22. The van der Waals surface area contributed by atoms with E-state index in [1.165, 1.54) is 12.8 Å². The molecule has 0 fully saturated rings. The zero-order valence-electron chi connectivity index (χ0n) is 9.19. The van der Waals surface area contributed by atoms with Gasteiger partial charge in [0.05, 0.1) is 6.26 Å². The van der Waals surface area contributed by atoms with Gasteiger partial charge in [0.15, 0.2) is 0 Å². The van der Waals surface area contributed by atoms with Gasteiger partial charge in [0.25, 0.3) is 0 Å². The van der Waals surface area contributed by atoms with Crippen molar-refractivity contribution in [1.82, 2.24) is 0 Å². The summed E-state index contributed by atoms with van der Waals surface area (Å²) in [5.74, 6) is 0. The van der Waals surface area contributed by atoms with Crippen LogP contribution in [0.5, 0.6) is 0 Å². The maximum Gasteiger partial charge on any atom is 0.133 e. The molecular formula is C12H18ClNO. The highest BCUT2D eigenvalue weighted by atomic mass is 35.5. The first kappa shape index (κ1) is 13.8. The van der Waals surface area contributed by atoms with E-state index in [0.29, 0.717) is 0 Å². The monoisotopic (exact) mass is 227 g/mol. The van der Waals surface area contributed by atoms with Gasteiger partial charge in [0.1, 0.15) is 5.58 Å². The molecule has 2 N–H and O–H groups in total. The van der Waals surface area contributed by atoms with Crippen molar-refractivity contribution in [2.45, 2.75) is 26.7 Å². The molecule has 0 aliphatic rings. The van der Waals surface area contributed by atoms with Crippen LogP contribution in [-0.2, 0) is 0 Å². The van der Waals surface area contributed by atoms with Crippen LogP contribution in [-0.4, -0.2) is 0 Å². The van der Waals surface area contributed by atoms with E-state index in [1.54, 1.807) is 6.26 Å². The van der Waals surface area contributed by atoms with Gasteiger partial charge in [-0.3, -0.25) is 0 Å². The van der Waals surface area contributed by atoms with Crippen LogP contribution in [0.15, 0.2) is 34.9 Å². The Kier molecular flexibility index (Phi) is 6.63. The molecule has 2 nitrogen and oxygen atoms in total. The number of fused-ring (bicyclic) bond motifs is 1. The first-order valence-corrected chi connectivity index (χ1v) is 5.00. The van der Waals surface area contributed by atoms with Crippen molar-refractivity contribution in [3.8, 4) is 0 Å². The van der Waals surface area contributed by atoms with Gasteiger partial charge < -0.3 is 10.2 Å². The SMILES string of the molecule is CCCC.Cl.Nc1ccc2occc2c1. The number of rotatable bonds is 1. The molecule has 1 aromatic heterocycles. The molecule has 3 heteroatoms. The highest BCUT2D eigenvalue weighted by Gasteiger charge is 1.93. The topological polar surface area (TPSA) is 39.2 Å². The van der Waals surface area contributed by atoms with Crippen LogP contribution in [0.2, 0.25) is 0 Å². The fourth-order valence-electron chi connectivity index (χ4n) is 0.985. The molecule has 1 heterocycles. The van der Waals surface area contributed by atoms with Crippen molar-refractivity contribution in [2.24, 2.45) is 0 Å². The molecule has 0 radical (unpaired) electrons. The minimum Gasteiger partial charge on any atom is -0.464 e. The summed E-state index contributed by atoms with van der Waals surface area (Å²) in [6, 6.07) is 7.47. The highest BCUT2D eigenvalue weighted by Crippen LogP contribution is 2.17. The molecule has 0 unspecified atom stereocenters. The molecule has 0 aliphatic carbocycles. The third-order valence-electron chi connectivity index (χ3n) is 1.98. The summed E-state index contributed by atoms with van der Waals surface area (Å²) in [7, 11) is 0. The lowest BCUT2D eigenvalue weighted by molar-refractivity contribution is 0.616. The van der Waals surface area contributed by atoms with Crippen LogP contribution in [0.1, 0.15) is 26.7 Å². The number of benzene rings is 1. The molecule has 2 aromatic rings. The molecule has 0 saturated heterocycles. The van der Waals surface area contributed by atoms with Gasteiger partial charge in [-0.05, 0) is 24.3 Å². The number of anilines is 1. The fourth-order valence-corrected chi connectivity index (χ4v) is 0.985. The van der Waals surface area contributed by atoms with E-state index in [1.807, 2.05) is 24.3 Å². The van der Waals surface area contributed by atoms with E-state index in [0.717, 1.165) is 16.7 Å². The van der Waals surface area contributed by atoms with Crippen molar-refractivity contribution >= 4 is 29.1 Å². The van der Waals surface area contributed by atoms with Crippen LogP contribution in [0, 0.1) is 0 Å². The molecule has 84 valence electrons. The molecule has 15 heavy (non-hydrogen) atoms. The highest BCUT2D eigenvalue weighted by molar-refractivity contribution is 5.85. The Morgan fingerprint density at radius 2 is 1.80 bits per heavy atom. The summed E-state index contributed by atoms with van der Waals surface area (Å²) >= 11 is 0. The maximum atomic E-state index is 5.54. The van der Waals surface area contributed by atoms with Crippen LogP contribution in [0.25, 0.3) is 11.0 Å². The fraction of sp³-hybridized carbons (Fsp3) is 0.333. The zero-order chi connectivity index (χ0) is 10.4. The second-order valence-electron chi connectivity index (χ2n) is 3.22. The van der Waals surface area contributed by atoms with E-state index in [2.05, 4.69) is 13.8 Å². The lowest BCUT2D eigenvalue weighted by Crippen LogP contribution is -1.80. The Hall–Kier alpha value is -1.15. The minimum atomic E-state index is 0. The van der Waals surface area contributed by atoms with Crippen molar-refractivity contribution in [1.29, 1.82) is 0 Å². The number of unbranched alkanes of at least 4 members (excludes halogenated alkanes) is 1. The summed E-state index contributed by atoms with van der Waals surface area (Å²) in [6.07, 6.45) is 4.30. The van der Waals surface area contributed by atoms with E-state index < -0.39 is 0 Å². The standard InChI is InChI=1S/C8H7NO.C4H10.ClH/c9-7-1-2-8-6(5-7)3-4-10-8;1-3-4-2;/h1-5H,9H2;3-4H2,1-2H3;1H. The number of furan rings is 1. The lowest BCUT2D eigenvalue weighted by atomic mass is 10.2. The van der Waals surface area contributed by atoms with Gasteiger partial charge in [0.2, 0.25) is 0 Å². The van der Waals surface area contributed by atoms with E-state index in [9.17, 15) is 0 Å². The Morgan fingerprint density at radius 3 is 2.40 bits per heavy atom. The zero-order valence-corrected chi connectivity index (χ0v) is 10.0. The molecule has 0 aliphatic heterocycles. The summed E-state index contributed by atoms with van der Waals surface area (Å²) in [6.45, 7) is 4.36. The van der Waals surface area contributed by atoms with Gasteiger partial charge in [-0.2, -0.15) is 0 Å². The Balaban J connectivity index is 0.000000346. The lowest BCUT2D eigenvalue weighted by Gasteiger charge is -1.89. The Labute approximate surface area is 96.9 Å². The maximum absolute atomic E-state index is 5.54. The summed E-state index contributed by atoms with van der Waals surface area (Å²) < 4.78 is 5.12. The van der Waals surface area contributed by atoms with Gasteiger partial charge in [0, 0.05) is 11.1 Å². The first-order chi connectivity index (χ1) is 6.77. The predicted molar refractivity (Wildman–Crippen MR) is 68.5 cm³/mol. The van der Waals surface area contributed by atoms with E-state index in [4.69, 9.17) is 10.2 Å².